The Kier molecular flexibility index (Phi) is 6.93. The Morgan fingerprint density at radius 2 is 1.95 bits per heavy atom. The quantitative estimate of drug-likeness (QED) is 0.403. The molecule has 1 fully saturated rings. The molecule has 192 valence electrons. The monoisotopic (exact) mass is 520 g/mol. The fourth-order valence-electron chi connectivity index (χ4n) is 4.09. The van der Waals surface area contributed by atoms with Crippen molar-refractivity contribution >= 4 is 27.5 Å². The van der Waals surface area contributed by atoms with Gasteiger partial charge in [-0.05, 0) is 54.2 Å². The SMILES string of the molecule is Cc1cccn2c(=O)c(/C=C(\C#N)C(=O)NC3CCS(=O)(=O)C3)c(Oc3ccc(C(C)(C)C)cc3)nc12. The highest BCUT2D eigenvalue weighted by Gasteiger charge is 2.30. The fourth-order valence-corrected chi connectivity index (χ4v) is 5.77. The molecule has 1 amide bonds. The van der Waals surface area contributed by atoms with Crippen molar-refractivity contribution in [2.24, 2.45) is 0 Å². The maximum Gasteiger partial charge on any atom is 0.269 e. The van der Waals surface area contributed by atoms with Crippen LogP contribution in [-0.4, -0.2) is 41.3 Å². The lowest BCUT2D eigenvalue weighted by Gasteiger charge is -2.19. The van der Waals surface area contributed by atoms with Gasteiger partial charge in [-0.2, -0.15) is 10.2 Å². The van der Waals surface area contributed by atoms with Gasteiger partial charge in [-0.25, -0.2) is 8.42 Å². The highest BCUT2D eigenvalue weighted by atomic mass is 32.2. The lowest BCUT2D eigenvalue weighted by atomic mass is 9.87. The summed E-state index contributed by atoms with van der Waals surface area (Å²) in [6.45, 7) is 8.09. The zero-order valence-corrected chi connectivity index (χ0v) is 21.9. The summed E-state index contributed by atoms with van der Waals surface area (Å²) in [4.78, 5) is 30.8. The van der Waals surface area contributed by atoms with Crippen LogP contribution in [0, 0.1) is 18.3 Å². The Labute approximate surface area is 215 Å². The second kappa shape index (κ2) is 9.82. The maximum atomic E-state index is 13.5. The van der Waals surface area contributed by atoms with Crippen molar-refractivity contribution in [2.45, 2.75) is 45.6 Å². The molecule has 9 nitrogen and oxygen atoms in total. The van der Waals surface area contributed by atoms with Crippen LogP contribution in [0.5, 0.6) is 11.6 Å². The molecule has 0 saturated carbocycles. The number of hydrogen-bond acceptors (Lipinski definition) is 7. The number of aryl methyl sites for hydroxylation is 1. The molecule has 1 unspecified atom stereocenters. The fraction of sp³-hybridized carbons (Fsp3) is 0.333. The summed E-state index contributed by atoms with van der Waals surface area (Å²) in [5.41, 5.74) is 1.21. The number of rotatable bonds is 5. The summed E-state index contributed by atoms with van der Waals surface area (Å²) >= 11 is 0. The van der Waals surface area contributed by atoms with Crippen LogP contribution in [0.15, 0.2) is 53.0 Å². The number of aromatic nitrogens is 2. The molecule has 1 aliphatic heterocycles. The zero-order valence-electron chi connectivity index (χ0n) is 21.1. The summed E-state index contributed by atoms with van der Waals surface area (Å²) in [5.74, 6) is -0.585. The summed E-state index contributed by atoms with van der Waals surface area (Å²) in [5, 5.41) is 12.3. The van der Waals surface area contributed by atoms with E-state index in [2.05, 4.69) is 31.1 Å². The van der Waals surface area contributed by atoms with Crippen molar-refractivity contribution in [3.05, 3.63) is 75.2 Å². The second-order valence-electron chi connectivity index (χ2n) is 10.1. The molecular weight excluding hydrogens is 492 g/mol. The van der Waals surface area contributed by atoms with Crippen molar-refractivity contribution in [2.75, 3.05) is 11.5 Å². The molecule has 4 rings (SSSR count). The van der Waals surface area contributed by atoms with Crippen LogP contribution in [0.4, 0.5) is 0 Å². The van der Waals surface area contributed by atoms with Gasteiger partial charge in [0, 0.05) is 12.2 Å². The van der Waals surface area contributed by atoms with E-state index < -0.39 is 27.3 Å². The van der Waals surface area contributed by atoms with Gasteiger partial charge in [-0.1, -0.05) is 39.0 Å². The second-order valence-corrected chi connectivity index (χ2v) is 12.4. The number of pyridine rings is 1. The van der Waals surface area contributed by atoms with Gasteiger partial charge in [-0.3, -0.25) is 14.0 Å². The van der Waals surface area contributed by atoms with Crippen LogP contribution in [-0.2, 0) is 20.0 Å². The number of ether oxygens (including phenoxy) is 1. The van der Waals surface area contributed by atoms with E-state index in [0.29, 0.717) is 11.4 Å². The number of benzene rings is 1. The smallest absolute Gasteiger partial charge is 0.269 e. The normalized spacial score (nSPS) is 17.4. The van der Waals surface area contributed by atoms with Crippen molar-refractivity contribution < 1.29 is 17.9 Å². The zero-order chi connectivity index (χ0) is 27.0. The molecule has 1 saturated heterocycles. The molecule has 1 N–H and O–H groups in total. The van der Waals surface area contributed by atoms with E-state index in [9.17, 15) is 23.3 Å². The van der Waals surface area contributed by atoms with Crippen LogP contribution >= 0.6 is 0 Å². The van der Waals surface area contributed by atoms with Crippen molar-refractivity contribution in [3.63, 3.8) is 0 Å². The first-order valence-corrected chi connectivity index (χ1v) is 13.6. The number of carbonyl (C=O) groups is 1. The molecular formula is C27H28N4O5S. The molecule has 0 radical (unpaired) electrons. The van der Waals surface area contributed by atoms with E-state index in [1.807, 2.05) is 31.2 Å². The number of nitrogens with one attached hydrogen (secondary N) is 1. The third kappa shape index (κ3) is 5.73. The molecule has 0 spiro atoms. The Morgan fingerprint density at radius 3 is 2.54 bits per heavy atom. The van der Waals surface area contributed by atoms with E-state index >= 15 is 0 Å². The van der Waals surface area contributed by atoms with Gasteiger partial charge in [0.25, 0.3) is 11.5 Å². The number of sulfone groups is 1. The molecule has 1 aliphatic rings. The van der Waals surface area contributed by atoms with Gasteiger partial charge in [0.2, 0.25) is 5.88 Å². The van der Waals surface area contributed by atoms with Crippen molar-refractivity contribution in [3.8, 4) is 17.7 Å². The van der Waals surface area contributed by atoms with E-state index in [0.717, 1.165) is 17.2 Å². The lowest BCUT2D eigenvalue weighted by molar-refractivity contribution is -0.117. The molecule has 37 heavy (non-hydrogen) atoms. The predicted octanol–water partition coefficient (Wildman–Crippen LogP) is 3.30. The van der Waals surface area contributed by atoms with Gasteiger partial charge in [0.15, 0.2) is 9.84 Å². The highest BCUT2D eigenvalue weighted by molar-refractivity contribution is 7.91. The van der Waals surface area contributed by atoms with Gasteiger partial charge in [0.05, 0.1) is 11.5 Å². The molecule has 1 aromatic carbocycles. The molecule has 2 aromatic heterocycles. The first kappa shape index (κ1) is 26.1. The standard InChI is InChI=1S/C27H28N4O5S/c1-17-6-5-12-31-23(17)30-25(36-21-9-7-19(8-10-21)27(2,3)4)22(26(31)33)14-18(15-28)24(32)29-20-11-13-37(34,35)16-20/h5-10,12,14,20H,11,13,16H2,1-4H3,(H,29,32)/b18-14+. The molecule has 0 aliphatic carbocycles. The lowest BCUT2D eigenvalue weighted by Crippen LogP contribution is -2.36. The number of nitriles is 1. The van der Waals surface area contributed by atoms with Crippen molar-refractivity contribution in [1.82, 2.24) is 14.7 Å². The molecule has 3 heterocycles. The van der Waals surface area contributed by atoms with Crippen LogP contribution in [0.25, 0.3) is 11.7 Å². The van der Waals surface area contributed by atoms with E-state index in [-0.39, 0.29) is 40.4 Å². The maximum absolute atomic E-state index is 13.5. The summed E-state index contributed by atoms with van der Waals surface area (Å²) in [6, 6.07) is 12.1. The van der Waals surface area contributed by atoms with E-state index in [1.165, 1.54) is 4.40 Å². The van der Waals surface area contributed by atoms with Crippen molar-refractivity contribution in [1.29, 1.82) is 5.26 Å². The average Bonchev–Trinajstić information content (AvgIpc) is 3.17. The Bertz CT molecular complexity index is 1610. The number of nitrogens with zero attached hydrogens (tertiary/aromatic N) is 3. The molecule has 3 aromatic rings. The number of amides is 1. The van der Waals surface area contributed by atoms with Gasteiger partial charge >= 0.3 is 0 Å². The molecule has 10 heteroatoms. The minimum absolute atomic E-state index is 0.0230. The molecule has 1 atom stereocenters. The first-order chi connectivity index (χ1) is 17.4. The minimum Gasteiger partial charge on any atom is -0.438 e. The molecule has 0 bridgehead atoms. The van der Waals surface area contributed by atoms with Crippen LogP contribution in [0.3, 0.4) is 0 Å². The summed E-state index contributed by atoms with van der Waals surface area (Å²) in [6.07, 6.45) is 2.96. The Hall–Kier alpha value is -3.97. The minimum atomic E-state index is -3.22. The van der Waals surface area contributed by atoms with E-state index in [4.69, 9.17) is 4.74 Å². The van der Waals surface area contributed by atoms with Crippen LogP contribution in [0.2, 0.25) is 0 Å². The summed E-state index contributed by atoms with van der Waals surface area (Å²) in [7, 11) is -3.22. The Morgan fingerprint density at radius 1 is 1.24 bits per heavy atom. The first-order valence-electron chi connectivity index (χ1n) is 11.8. The highest BCUT2D eigenvalue weighted by Crippen LogP contribution is 2.28. The van der Waals surface area contributed by atoms with Gasteiger partial charge in [-0.15, -0.1) is 0 Å². The van der Waals surface area contributed by atoms with E-state index in [1.54, 1.807) is 24.4 Å². The Balaban J connectivity index is 1.77. The number of fused-ring (bicyclic) bond motifs is 1. The average molecular weight is 521 g/mol. The van der Waals surface area contributed by atoms with Gasteiger partial charge < -0.3 is 10.1 Å². The number of carbonyl (C=O) groups excluding carboxylic acids is 1. The summed E-state index contributed by atoms with van der Waals surface area (Å²) < 4.78 is 30.8. The third-order valence-corrected chi connectivity index (χ3v) is 7.97. The van der Waals surface area contributed by atoms with Crippen LogP contribution in [0.1, 0.15) is 43.9 Å². The van der Waals surface area contributed by atoms with Gasteiger partial charge in [0.1, 0.15) is 28.6 Å². The topological polar surface area (TPSA) is 131 Å². The third-order valence-electron chi connectivity index (χ3n) is 6.21. The number of hydrogen-bond donors (Lipinski definition) is 1. The predicted molar refractivity (Wildman–Crippen MR) is 140 cm³/mol. The largest absolute Gasteiger partial charge is 0.438 e. The van der Waals surface area contributed by atoms with Crippen LogP contribution < -0.4 is 15.6 Å².